The number of fused-ring (bicyclic) bond motifs is 6. The fraction of sp³-hybridized carbons (Fsp3) is 0.222. The van der Waals surface area contributed by atoms with E-state index in [9.17, 15) is 0 Å². The van der Waals surface area contributed by atoms with Gasteiger partial charge in [-0.1, -0.05) is 45.0 Å². The summed E-state index contributed by atoms with van der Waals surface area (Å²) in [6.45, 7) is 6.40. The molecule has 0 atom stereocenters. The van der Waals surface area contributed by atoms with E-state index in [2.05, 4.69) is 82.2 Å². The fourth-order valence-corrected chi connectivity index (χ4v) is 4.73. The smallest absolute Gasteiger partial charge is 0.109 e. The van der Waals surface area contributed by atoms with E-state index in [0.717, 1.165) is 51.5 Å². The Morgan fingerprint density at radius 1 is 0.788 bits per heavy atom. The third-order valence-electron chi connectivity index (χ3n) is 6.54. The average Bonchev–Trinajstić information content (AvgIpc) is 3.58. The Hall–Kier alpha value is -3.93. The monoisotopic (exact) mass is 434 g/mol. The Balaban J connectivity index is 1.60. The molecule has 3 aromatic carbocycles. The van der Waals surface area contributed by atoms with Gasteiger partial charge in [0, 0.05) is 41.3 Å². The first-order valence-electron chi connectivity index (χ1n) is 11.4. The van der Waals surface area contributed by atoms with E-state index in [-0.39, 0.29) is 0 Å². The van der Waals surface area contributed by atoms with E-state index in [1.807, 2.05) is 30.3 Å². The standard InChI is InChI=1S/C27H26N6/c1-5-25-28-13-23(31-25)16-6-8-18-19-9-7-17(24-14-29-27(32-24)15(2)3)11-21(19)26-22(20(18)10-16)12-30-33(26)4/h6-15H,5H2,1-4H3,(H,28,31)(H,29,32). The predicted molar refractivity (Wildman–Crippen MR) is 134 cm³/mol. The predicted octanol–water partition coefficient (Wildman–Crippen LogP) is 6.35. The summed E-state index contributed by atoms with van der Waals surface area (Å²) in [5, 5.41) is 10.6. The Labute approximate surface area is 191 Å². The number of hydrogen-bond acceptors (Lipinski definition) is 3. The van der Waals surface area contributed by atoms with Crippen LogP contribution in [0.2, 0.25) is 0 Å². The number of nitrogens with zero attached hydrogens (tertiary/aromatic N) is 4. The second-order valence-corrected chi connectivity index (χ2v) is 8.99. The minimum Gasteiger partial charge on any atom is -0.342 e. The molecule has 0 aliphatic carbocycles. The molecule has 6 rings (SSSR count). The largest absolute Gasteiger partial charge is 0.342 e. The van der Waals surface area contributed by atoms with Gasteiger partial charge < -0.3 is 9.97 Å². The Morgan fingerprint density at radius 2 is 1.45 bits per heavy atom. The molecule has 6 nitrogen and oxygen atoms in total. The molecular weight excluding hydrogens is 408 g/mol. The molecule has 3 aromatic heterocycles. The Bertz CT molecular complexity index is 1650. The molecule has 0 radical (unpaired) electrons. The van der Waals surface area contributed by atoms with Gasteiger partial charge in [0.15, 0.2) is 0 Å². The van der Waals surface area contributed by atoms with E-state index in [1.54, 1.807) is 0 Å². The van der Waals surface area contributed by atoms with Gasteiger partial charge >= 0.3 is 0 Å². The highest BCUT2D eigenvalue weighted by atomic mass is 15.2. The molecule has 0 aliphatic rings. The zero-order valence-corrected chi connectivity index (χ0v) is 19.3. The van der Waals surface area contributed by atoms with Gasteiger partial charge in [0.05, 0.1) is 35.5 Å². The number of aryl methyl sites for hydroxylation is 2. The average molecular weight is 435 g/mol. The molecule has 6 heteroatoms. The van der Waals surface area contributed by atoms with Crippen LogP contribution in [0.25, 0.3) is 55.0 Å². The summed E-state index contributed by atoms with van der Waals surface area (Å²) in [5.41, 5.74) is 5.48. The maximum atomic E-state index is 4.62. The molecule has 0 saturated heterocycles. The van der Waals surface area contributed by atoms with Crippen molar-refractivity contribution in [3.63, 3.8) is 0 Å². The molecule has 2 N–H and O–H groups in total. The van der Waals surface area contributed by atoms with Crippen molar-refractivity contribution in [3.8, 4) is 22.5 Å². The van der Waals surface area contributed by atoms with Crippen molar-refractivity contribution in [1.82, 2.24) is 29.7 Å². The minimum atomic E-state index is 0.365. The lowest BCUT2D eigenvalue weighted by molar-refractivity contribution is 0.795. The highest BCUT2D eigenvalue weighted by Crippen LogP contribution is 2.38. The third kappa shape index (κ3) is 3.05. The maximum absolute atomic E-state index is 4.62. The number of benzene rings is 3. The van der Waals surface area contributed by atoms with Crippen molar-refractivity contribution in [3.05, 3.63) is 66.6 Å². The van der Waals surface area contributed by atoms with Crippen molar-refractivity contribution < 1.29 is 0 Å². The van der Waals surface area contributed by atoms with Gasteiger partial charge in [-0.3, -0.25) is 4.68 Å². The van der Waals surface area contributed by atoms with Gasteiger partial charge in [-0.2, -0.15) is 5.10 Å². The van der Waals surface area contributed by atoms with Gasteiger partial charge in [0.25, 0.3) is 0 Å². The lowest BCUT2D eigenvalue weighted by atomic mass is 9.94. The molecule has 0 spiro atoms. The molecule has 0 unspecified atom stereocenters. The van der Waals surface area contributed by atoms with Crippen LogP contribution in [0.5, 0.6) is 0 Å². The van der Waals surface area contributed by atoms with Gasteiger partial charge in [-0.15, -0.1) is 0 Å². The quantitative estimate of drug-likeness (QED) is 0.318. The van der Waals surface area contributed by atoms with E-state index in [1.165, 1.54) is 21.5 Å². The van der Waals surface area contributed by atoms with Gasteiger partial charge in [-0.25, -0.2) is 9.97 Å². The highest BCUT2D eigenvalue weighted by Gasteiger charge is 2.15. The summed E-state index contributed by atoms with van der Waals surface area (Å²) in [6, 6.07) is 13.3. The maximum Gasteiger partial charge on any atom is 0.109 e. The van der Waals surface area contributed by atoms with Crippen LogP contribution in [0.3, 0.4) is 0 Å². The number of aromatic amines is 2. The molecular formula is C27H26N6. The van der Waals surface area contributed by atoms with Crippen LogP contribution < -0.4 is 0 Å². The molecule has 6 aromatic rings. The lowest BCUT2D eigenvalue weighted by Crippen LogP contribution is -1.92. The number of H-pyrrole nitrogens is 2. The lowest BCUT2D eigenvalue weighted by Gasteiger charge is -2.11. The number of nitrogens with one attached hydrogen (secondary N) is 2. The van der Waals surface area contributed by atoms with E-state index >= 15 is 0 Å². The molecule has 3 heterocycles. The normalized spacial score (nSPS) is 12.0. The van der Waals surface area contributed by atoms with Crippen LogP contribution in [0.1, 0.15) is 38.3 Å². The zero-order chi connectivity index (χ0) is 22.7. The summed E-state index contributed by atoms with van der Waals surface area (Å²) < 4.78 is 1.98. The summed E-state index contributed by atoms with van der Waals surface area (Å²) >= 11 is 0. The van der Waals surface area contributed by atoms with Crippen molar-refractivity contribution >= 4 is 32.4 Å². The second-order valence-electron chi connectivity index (χ2n) is 8.99. The van der Waals surface area contributed by atoms with Crippen LogP contribution >= 0.6 is 0 Å². The van der Waals surface area contributed by atoms with Crippen LogP contribution in [0.15, 0.2) is 55.0 Å². The summed E-state index contributed by atoms with van der Waals surface area (Å²) in [4.78, 5) is 15.9. The molecule has 0 bridgehead atoms. The number of aromatic nitrogens is 6. The summed E-state index contributed by atoms with van der Waals surface area (Å²) in [6.07, 6.45) is 6.72. The molecule has 164 valence electrons. The van der Waals surface area contributed by atoms with E-state index < -0.39 is 0 Å². The van der Waals surface area contributed by atoms with Gasteiger partial charge in [0.1, 0.15) is 11.6 Å². The van der Waals surface area contributed by atoms with Crippen molar-refractivity contribution in [2.24, 2.45) is 7.05 Å². The SMILES string of the molecule is CCc1ncc(-c2ccc3c(c2)c2cnn(C)c2c2cc(-c4cnc(C(C)C)[nH]4)ccc32)[nH]1. The topological polar surface area (TPSA) is 75.2 Å². The van der Waals surface area contributed by atoms with E-state index in [4.69, 9.17) is 0 Å². The molecule has 0 amide bonds. The zero-order valence-electron chi connectivity index (χ0n) is 19.3. The van der Waals surface area contributed by atoms with Crippen LogP contribution in [0.4, 0.5) is 0 Å². The van der Waals surface area contributed by atoms with Crippen LogP contribution in [0, 0.1) is 0 Å². The first-order valence-corrected chi connectivity index (χ1v) is 11.4. The van der Waals surface area contributed by atoms with Crippen LogP contribution in [-0.4, -0.2) is 29.7 Å². The first kappa shape index (κ1) is 19.7. The van der Waals surface area contributed by atoms with Crippen molar-refractivity contribution in [1.29, 1.82) is 0 Å². The second kappa shape index (κ2) is 7.30. The third-order valence-corrected chi connectivity index (χ3v) is 6.54. The number of imidazole rings is 2. The van der Waals surface area contributed by atoms with E-state index in [0.29, 0.717) is 5.92 Å². The minimum absolute atomic E-state index is 0.365. The molecule has 0 fully saturated rings. The number of hydrogen-bond donors (Lipinski definition) is 2. The number of rotatable bonds is 4. The van der Waals surface area contributed by atoms with Crippen molar-refractivity contribution in [2.45, 2.75) is 33.1 Å². The highest BCUT2D eigenvalue weighted by molar-refractivity contribution is 6.25. The summed E-state index contributed by atoms with van der Waals surface area (Å²) in [5.74, 6) is 2.37. The summed E-state index contributed by atoms with van der Waals surface area (Å²) in [7, 11) is 2.01. The van der Waals surface area contributed by atoms with Crippen LogP contribution in [-0.2, 0) is 13.5 Å². The molecule has 33 heavy (non-hydrogen) atoms. The Kier molecular flexibility index (Phi) is 4.37. The van der Waals surface area contributed by atoms with Gasteiger partial charge in [0.2, 0.25) is 0 Å². The first-order chi connectivity index (χ1) is 16.0. The molecule has 0 saturated carbocycles. The Morgan fingerprint density at radius 3 is 2.12 bits per heavy atom. The molecule has 0 aliphatic heterocycles. The fourth-order valence-electron chi connectivity index (χ4n) is 4.73. The van der Waals surface area contributed by atoms with Crippen molar-refractivity contribution in [2.75, 3.05) is 0 Å². The van der Waals surface area contributed by atoms with Gasteiger partial charge in [-0.05, 0) is 28.3 Å².